The number of ether oxygens (including phenoxy) is 2. The van der Waals surface area contributed by atoms with Crippen molar-refractivity contribution in [2.75, 3.05) is 7.11 Å². The van der Waals surface area contributed by atoms with Gasteiger partial charge in [-0.05, 0) is 68.2 Å². The predicted octanol–water partition coefficient (Wildman–Crippen LogP) is 7.61. The van der Waals surface area contributed by atoms with Crippen molar-refractivity contribution in [1.29, 1.82) is 0 Å². The Hall–Kier alpha value is -3.00. The van der Waals surface area contributed by atoms with Gasteiger partial charge in [0.15, 0.2) is 0 Å². The minimum atomic E-state index is 0.670. The maximum atomic E-state index is 5.73. The molecule has 0 amide bonds. The van der Waals surface area contributed by atoms with Crippen molar-refractivity contribution in [1.82, 2.24) is 0 Å². The van der Waals surface area contributed by atoms with Crippen LogP contribution in [0.25, 0.3) is 5.57 Å². The molecular weight excluding hydrogens is 344 g/mol. The van der Waals surface area contributed by atoms with Gasteiger partial charge in [-0.15, -0.1) is 0 Å². The highest BCUT2D eigenvalue weighted by Crippen LogP contribution is 2.22. The quantitative estimate of drug-likeness (QED) is 0.366. The highest BCUT2D eigenvalue weighted by molar-refractivity contribution is 5.60. The van der Waals surface area contributed by atoms with E-state index in [2.05, 4.69) is 51.3 Å². The number of hydrogen-bond acceptors (Lipinski definition) is 2. The van der Waals surface area contributed by atoms with Gasteiger partial charge >= 0.3 is 0 Å². The lowest BCUT2D eigenvalue weighted by atomic mass is 10.1. The first-order chi connectivity index (χ1) is 13.4. The Balaban J connectivity index is 0.000000362. The van der Waals surface area contributed by atoms with Crippen LogP contribution in [0.4, 0.5) is 0 Å². The summed E-state index contributed by atoms with van der Waals surface area (Å²) in [5.74, 6) is 2.24. The summed E-state index contributed by atoms with van der Waals surface area (Å²) < 4.78 is 10.8. The number of allylic oxidation sites excluding steroid dienone is 5. The first-order valence-electron chi connectivity index (χ1n) is 9.45. The summed E-state index contributed by atoms with van der Waals surface area (Å²) in [7, 11) is 1.64. The van der Waals surface area contributed by atoms with E-state index in [0.717, 1.165) is 29.1 Å². The zero-order valence-electron chi connectivity index (χ0n) is 17.8. The van der Waals surface area contributed by atoms with Crippen LogP contribution in [-0.2, 0) is 0 Å². The first kappa shape index (κ1) is 23.0. The van der Waals surface area contributed by atoms with E-state index in [9.17, 15) is 0 Å². The van der Waals surface area contributed by atoms with Crippen molar-refractivity contribution in [3.05, 3.63) is 102 Å². The van der Waals surface area contributed by atoms with E-state index < -0.39 is 0 Å². The second-order valence-electron chi connectivity index (χ2n) is 6.47. The summed E-state index contributed by atoms with van der Waals surface area (Å²) in [5, 5.41) is 0. The van der Waals surface area contributed by atoms with Crippen molar-refractivity contribution >= 4 is 5.57 Å². The van der Waals surface area contributed by atoms with Crippen LogP contribution in [0.2, 0.25) is 0 Å². The van der Waals surface area contributed by atoms with E-state index in [1.807, 2.05) is 56.3 Å². The zero-order chi connectivity index (χ0) is 20.9. The Labute approximate surface area is 170 Å². The van der Waals surface area contributed by atoms with E-state index in [0.29, 0.717) is 5.76 Å². The Bertz CT molecular complexity index is 809. The van der Waals surface area contributed by atoms with Crippen molar-refractivity contribution in [2.24, 2.45) is 0 Å². The minimum Gasteiger partial charge on any atom is -0.497 e. The molecule has 2 aromatic rings. The summed E-state index contributed by atoms with van der Waals surface area (Å²) in [6.07, 6.45) is 5.24. The van der Waals surface area contributed by atoms with Gasteiger partial charge in [0.05, 0.1) is 7.11 Å². The lowest BCUT2D eigenvalue weighted by Gasteiger charge is -2.11. The summed E-state index contributed by atoms with van der Waals surface area (Å²) in [6, 6.07) is 17.6. The SMILES string of the molecule is C=C(C)c1ccccc1.C=C(Oc1ccc(OC)cc1)/C(C)=C(C)/C=C\CC. The molecule has 2 nitrogen and oxygen atoms in total. The zero-order valence-corrected chi connectivity index (χ0v) is 17.8. The number of rotatable bonds is 7. The molecule has 0 spiro atoms. The van der Waals surface area contributed by atoms with Crippen LogP contribution in [0, 0.1) is 0 Å². The normalized spacial score (nSPS) is 11.2. The fraction of sp³-hybridized carbons (Fsp3) is 0.231. The largest absolute Gasteiger partial charge is 0.497 e. The van der Waals surface area contributed by atoms with Crippen LogP contribution >= 0.6 is 0 Å². The molecule has 0 unspecified atom stereocenters. The number of methoxy groups -OCH3 is 1. The predicted molar refractivity (Wildman–Crippen MR) is 122 cm³/mol. The van der Waals surface area contributed by atoms with Gasteiger partial charge in [-0.3, -0.25) is 0 Å². The van der Waals surface area contributed by atoms with E-state index >= 15 is 0 Å². The fourth-order valence-corrected chi connectivity index (χ4v) is 2.22. The van der Waals surface area contributed by atoms with E-state index in [1.165, 1.54) is 11.1 Å². The van der Waals surface area contributed by atoms with E-state index in [4.69, 9.17) is 9.47 Å². The van der Waals surface area contributed by atoms with Gasteiger partial charge in [-0.1, -0.05) is 68.1 Å². The second-order valence-corrected chi connectivity index (χ2v) is 6.47. The molecule has 0 aliphatic heterocycles. The van der Waals surface area contributed by atoms with Gasteiger partial charge in [-0.25, -0.2) is 0 Å². The maximum Gasteiger partial charge on any atom is 0.127 e. The molecule has 0 saturated carbocycles. The molecule has 148 valence electrons. The Morgan fingerprint density at radius 3 is 1.93 bits per heavy atom. The third-order valence-corrected chi connectivity index (χ3v) is 4.18. The molecule has 2 rings (SSSR count). The lowest BCUT2D eigenvalue weighted by molar-refractivity contribution is 0.410. The second kappa shape index (κ2) is 12.4. The van der Waals surface area contributed by atoms with Crippen LogP contribution in [0.1, 0.15) is 39.7 Å². The van der Waals surface area contributed by atoms with Gasteiger partial charge < -0.3 is 9.47 Å². The van der Waals surface area contributed by atoms with Crippen LogP contribution in [0.3, 0.4) is 0 Å². The molecule has 0 aromatic heterocycles. The summed E-state index contributed by atoms with van der Waals surface area (Å²) in [5.41, 5.74) is 4.56. The molecule has 0 bridgehead atoms. The minimum absolute atomic E-state index is 0.670. The molecule has 0 aliphatic carbocycles. The maximum absolute atomic E-state index is 5.73. The molecule has 0 aliphatic rings. The molecule has 0 saturated heterocycles. The van der Waals surface area contributed by atoms with Gasteiger partial charge in [0.25, 0.3) is 0 Å². The van der Waals surface area contributed by atoms with Crippen molar-refractivity contribution in [2.45, 2.75) is 34.1 Å². The average Bonchev–Trinajstić information content (AvgIpc) is 2.73. The summed E-state index contributed by atoms with van der Waals surface area (Å²) in [4.78, 5) is 0. The number of hydrogen-bond donors (Lipinski definition) is 0. The average molecular weight is 377 g/mol. The van der Waals surface area contributed by atoms with Crippen molar-refractivity contribution in [3.63, 3.8) is 0 Å². The Morgan fingerprint density at radius 1 is 0.893 bits per heavy atom. The van der Waals surface area contributed by atoms with Crippen LogP contribution in [-0.4, -0.2) is 7.11 Å². The summed E-state index contributed by atoms with van der Waals surface area (Å²) in [6.45, 7) is 16.0. The molecule has 0 N–H and O–H groups in total. The molecule has 0 atom stereocenters. The van der Waals surface area contributed by atoms with Gasteiger partial charge in [0.2, 0.25) is 0 Å². The monoisotopic (exact) mass is 376 g/mol. The van der Waals surface area contributed by atoms with Crippen LogP contribution in [0.5, 0.6) is 11.5 Å². The molecule has 0 radical (unpaired) electrons. The number of benzene rings is 2. The Morgan fingerprint density at radius 2 is 1.46 bits per heavy atom. The molecule has 2 heteroatoms. The fourth-order valence-electron chi connectivity index (χ4n) is 2.22. The van der Waals surface area contributed by atoms with E-state index in [1.54, 1.807) is 7.11 Å². The summed E-state index contributed by atoms with van der Waals surface area (Å²) >= 11 is 0. The standard InChI is InChI=1S/C17H22O2.C9H10/c1-6-7-8-13(2)14(3)15(4)19-17-11-9-16(18-5)10-12-17;1-8(2)9-6-4-3-5-7-9/h7-12H,4,6H2,1-3,5H3;3-7H,1H2,2H3/b8-7-,14-13+;. The Kier molecular flexibility index (Phi) is 10.2. The van der Waals surface area contributed by atoms with E-state index in [-0.39, 0.29) is 0 Å². The van der Waals surface area contributed by atoms with Gasteiger partial charge in [-0.2, -0.15) is 0 Å². The molecule has 28 heavy (non-hydrogen) atoms. The molecular formula is C26H32O2. The topological polar surface area (TPSA) is 18.5 Å². The smallest absolute Gasteiger partial charge is 0.127 e. The van der Waals surface area contributed by atoms with Gasteiger partial charge in [0.1, 0.15) is 17.3 Å². The van der Waals surface area contributed by atoms with Crippen LogP contribution in [0.15, 0.2) is 96.8 Å². The molecule has 0 fully saturated rings. The third-order valence-electron chi connectivity index (χ3n) is 4.18. The van der Waals surface area contributed by atoms with Crippen LogP contribution < -0.4 is 9.47 Å². The lowest BCUT2D eigenvalue weighted by Crippen LogP contribution is -1.97. The van der Waals surface area contributed by atoms with Crippen molar-refractivity contribution < 1.29 is 9.47 Å². The highest BCUT2D eigenvalue weighted by Gasteiger charge is 2.03. The molecule has 2 aromatic carbocycles. The highest BCUT2D eigenvalue weighted by atomic mass is 16.5. The van der Waals surface area contributed by atoms with Crippen molar-refractivity contribution in [3.8, 4) is 11.5 Å². The first-order valence-corrected chi connectivity index (χ1v) is 9.45. The van der Waals surface area contributed by atoms with Gasteiger partial charge in [0, 0.05) is 0 Å². The third kappa shape index (κ3) is 8.13. The molecule has 0 heterocycles.